The van der Waals surface area contributed by atoms with Crippen LogP contribution < -0.4 is 5.32 Å². The third kappa shape index (κ3) is 7.33. The predicted molar refractivity (Wildman–Crippen MR) is 52.3 cm³/mol. The average Bonchev–Trinajstić information content (AvgIpc) is 2.02. The standard InChI is InChI=1S/C9H18N2O2/c1-8(7-11(2)3)10-6-5-9(12)13-4/h5-6,8,10H,7H2,1-4H3/b6-5+. The van der Waals surface area contributed by atoms with Crippen LogP contribution in [-0.2, 0) is 9.53 Å². The van der Waals surface area contributed by atoms with Crippen LogP contribution in [0.4, 0.5) is 0 Å². The molecule has 0 rings (SSSR count). The number of ether oxygens (including phenoxy) is 1. The molecule has 0 amide bonds. The average molecular weight is 186 g/mol. The van der Waals surface area contributed by atoms with Crippen LogP contribution in [0.2, 0.25) is 0 Å². The molecule has 76 valence electrons. The van der Waals surface area contributed by atoms with Gasteiger partial charge in [-0.3, -0.25) is 0 Å². The third-order valence-electron chi connectivity index (χ3n) is 1.44. The van der Waals surface area contributed by atoms with E-state index >= 15 is 0 Å². The Morgan fingerprint density at radius 1 is 1.62 bits per heavy atom. The van der Waals surface area contributed by atoms with Gasteiger partial charge in [0.2, 0.25) is 0 Å². The Morgan fingerprint density at radius 2 is 2.23 bits per heavy atom. The van der Waals surface area contributed by atoms with Crippen LogP contribution in [0.15, 0.2) is 12.3 Å². The van der Waals surface area contributed by atoms with Gasteiger partial charge in [0.15, 0.2) is 0 Å². The molecule has 1 unspecified atom stereocenters. The molecule has 0 heterocycles. The van der Waals surface area contributed by atoms with Gasteiger partial charge in [0.25, 0.3) is 0 Å². The SMILES string of the molecule is COC(=O)/C=C/NC(C)CN(C)C. The van der Waals surface area contributed by atoms with E-state index in [0.717, 1.165) is 6.54 Å². The lowest BCUT2D eigenvalue weighted by Crippen LogP contribution is -2.32. The van der Waals surface area contributed by atoms with Crippen LogP contribution >= 0.6 is 0 Å². The summed E-state index contributed by atoms with van der Waals surface area (Å²) in [5.74, 6) is -0.343. The van der Waals surface area contributed by atoms with E-state index in [1.807, 2.05) is 21.0 Å². The minimum Gasteiger partial charge on any atom is -0.466 e. The topological polar surface area (TPSA) is 41.6 Å². The summed E-state index contributed by atoms with van der Waals surface area (Å²) in [6.07, 6.45) is 2.98. The molecule has 0 radical (unpaired) electrons. The fourth-order valence-corrected chi connectivity index (χ4v) is 0.949. The van der Waals surface area contributed by atoms with Gasteiger partial charge in [0, 0.05) is 24.9 Å². The van der Waals surface area contributed by atoms with Gasteiger partial charge >= 0.3 is 5.97 Å². The Balaban J connectivity index is 3.62. The van der Waals surface area contributed by atoms with Gasteiger partial charge in [0.1, 0.15) is 0 Å². The number of nitrogens with zero attached hydrogens (tertiary/aromatic N) is 1. The second-order valence-corrected chi connectivity index (χ2v) is 3.19. The van der Waals surface area contributed by atoms with E-state index in [1.165, 1.54) is 13.2 Å². The molecule has 1 atom stereocenters. The molecule has 4 heteroatoms. The van der Waals surface area contributed by atoms with Crippen molar-refractivity contribution in [2.75, 3.05) is 27.7 Å². The van der Waals surface area contributed by atoms with Crippen molar-refractivity contribution < 1.29 is 9.53 Å². The van der Waals surface area contributed by atoms with E-state index in [1.54, 1.807) is 6.20 Å². The fourth-order valence-electron chi connectivity index (χ4n) is 0.949. The van der Waals surface area contributed by atoms with Crippen LogP contribution in [0.3, 0.4) is 0 Å². The summed E-state index contributed by atoms with van der Waals surface area (Å²) < 4.78 is 4.44. The highest BCUT2D eigenvalue weighted by Gasteiger charge is 1.99. The molecule has 13 heavy (non-hydrogen) atoms. The van der Waals surface area contributed by atoms with E-state index in [0.29, 0.717) is 6.04 Å². The van der Waals surface area contributed by atoms with Crippen molar-refractivity contribution in [2.45, 2.75) is 13.0 Å². The van der Waals surface area contributed by atoms with Crippen LogP contribution in [0.1, 0.15) is 6.92 Å². The van der Waals surface area contributed by atoms with Crippen LogP contribution in [-0.4, -0.2) is 44.7 Å². The van der Waals surface area contributed by atoms with Crippen molar-refractivity contribution in [1.82, 2.24) is 10.2 Å². The summed E-state index contributed by atoms with van der Waals surface area (Å²) in [7, 11) is 5.36. The third-order valence-corrected chi connectivity index (χ3v) is 1.44. The van der Waals surface area contributed by atoms with Crippen LogP contribution in [0.5, 0.6) is 0 Å². The molecule has 0 bridgehead atoms. The van der Waals surface area contributed by atoms with Gasteiger partial charge in [-0.2, -0.15) is 0 Å². The van der Waals surface area contributed by atoms with E-state index in [2.05, 4.69) is 15.0 Å². The van der Waals surface area contributed by atoms with E-state index < -0.39 is 0 Å². The van der Waals surface area contributed by atoms with Gasteiger partial charge < -0.3 is 15.0 Å². The predicted octanol–water partition coefficient (Wildman–Crippen LogP) is 0.213. The summed E-state index contributed by atoms with van der Waals surface area (Å²) in [5.41, 5.74) is 0. The van der Waals surface area contributed by atoms with Crippen LogP contribution in [0.25, 0.3) is 0 Å². The van der Waals surface area contributed by atoms with Gasteiger partial charge in [-0.15, -0.1) is 0 Å². The monoisotopic (exact) mass is 186 g/mol. The van der Waals surface area contributed by atoms with Crippen molar-refractivity contribution in [3.8, 4) is 0 Å². The largest absolute Gasteiger partial charge is 0.466 e. The molecule has 0 aromatic carbocycles. The Hall–Kier alpha value is -1.03. The molecule has 0 saturated carbocycles. The van der Waals surface area contributed by atoms with Crippen molar-refractivity contribution in [3.63, 3.8) is 0 Å². The summed E-state index contributed by atoms with van der Waals surface area (Å²) >= 11 is 0. The Labute approximate surface area is 79.6 Å². The molecule has 0 aliphatic rings. The lowest BCUT2D eigenvalue weighted by Gasteiger charge is -2.16. The maximum Gasteiger partial charge on any atom is 0.331 e. The first kappa shape index (κ1) is 12.0. The number of carbonyl (C=O) groups excluding carboxylic acids is 1. The first-order valence-electron chi connectivity index (χ1n) is 4.21. The lowest BCUT2D eigenvalue weighted by atomic mass is 10.3. The highest BCUT2D eigenvalue weighted by Crippen LogP contribution is 1.85. The highest BCUT2D eigenvalue weighted by molar-refractivity contribution is 5.81. The number of esters is 1. The van der Waals surface area contributed by atoms with Gasteiger partial charge in [0.05, 0.1) is 7.11 Å². The van der Waals surface area contributed by atoms with Crippen molar-refractivity contribution in [3.05, 3.63) is 12.3 Å². The molecule has 1 N–H and O–H groups in total. The summed E-state index contributed by atoms with van der Waals surface area (Å²) in [5, 5.41) is 3.06. The first-order chi connectivity index (χ1) is 6.06. The normalized spacial score (nSPS) is 13.3. The Kier molecular flexibility index (Phi) is 5.97. The number of methoxy groups -OCH3 is 1. The number of likely N-dealkylation sites (N-methyl/N-ethyl adjacent to an activating group) is 1. The quantitative estimate of drug-likeness (QED) is 0.492. The minimum atomic E-state index is -0.343. The summed E-state index contributed by atoms with van der Waals surface area (Å²) in [6.45, 7) is 2.97. The van der Waals surface area contributed by atoms with E-state index in [-0.39, 0.29) is 5.97 Å². The molecule has 0 fully saturated rings. The van der Waals surface area contributed by atoms with Gasteiger partial charge in [-0.25, -0.2) is 4.79 Å². The smallest absolute Gasteiger partial charge is 0.331 e. The molecule has 0 aromatic heterocycles. The van der Waals surface area contributed by atoms with Crippen molar-refractivity contribution >= 4 is 5.97 Å². The zero-order valence-electron chi connectivity index (χ0n) is 8.70. The van der Waals surface area contributed by atoms with Crippen LogP contribution in [0, 0.1) is 0 Å². The minimum absolute atomic E-state index is 0.316. The maximum atomic E-state index is 10.7. The molecular formula is C9H18N2O2. The Bertz CT molecular complexity index is 178. The molecule has 0 saturated heterocycles. The molecule has 0 aromatic rings. The molecule has 4 nitrogen and oxygen atoms in total. The van der Waals surface area contributed by atoms with E-state index in [9.17, 15) is 4.79 Å². The lowest BCUT2D eigenvalue weighted by molar-refractivity contribution is -0.134. The zero-order chi connectivity index (χ0) is 10.3. The summed E-state index contributed by atoms with van der Waals surface area (Å²) in [4.78, 5) is 12.7. The zero-order valence-corrected chi connectivity index (χ0v) is 8.70. The van der Waals surface area contributed by atoms with Crippen molar-refractivity contribution in [1.29, 1.82) is 0 Å². The molecule has 0 aliphatic heterocycles. The number of carbonyl (C=O) groups is 1. The Morgan fingerprint density at radius 3 is 2.69 bits per heavy atom. The van der Waals surface area contributed by atoms with Crippen molar-refractivity contribution in [2.24, 2.45) is 0 Å². The fraction of sp³-hybridized carbons (Fsp3) is 0.667. The number of nitrogens with one attached hydrogen (secondary N) is 1. The second-order valence-electron chi connectivity index (χ2n) is 3.19. The van der Waals surface area contributed by atoms with Gasteiger partial charge in [-0.05, 0) is 21.0 Å². The molecular weight excluding hydrogens is 168 g/mol. The first-order valence-corrected chi connectivity index (χ1v) is 4.21. The molecule has 0 aliphatic carbocycles. The number of rotatable bonds is 5. The maximum absolute atomic E-state index is 10.7. The number of hydrogen-bond acceptors (Lipinski definition) is 4. The van der Waals surface area contributed by atoms with E-state index in [4.69, 9.17) is 0 Å². The number of hydrogen-bond donors (Lipinski definition) is 1. The van der Waals surface area contributed by atoms with Gasteiger partial charge in [-0.1, -0.05) is 0 Å². The molecule has 0 spiro atoms. The second kappa shape index (κ2) is 6.48. The summed E-state index contributed by atoms with van der Waals surface area (Å²) in [6, 6.07) is 0.316. The highest BCUT2D eigenvalue weighted by atomic mass is 16.5.